The lowest BCUT2D eigenvalue weighted by Gasteiger charge is -2.39. The molecule has 1 saturated carbocycles. The monoisotopic (exact) mass is 231 g/mol. The van der Waals surface area contributed by atoms with Gasteiger partial charge in [0.05, 0.1) is 26.4 Å². The van der Waals surface area contributed by atoms with Gasteiger partial charge >= 0.3 is 0 Å². The molecule has 1 rings (SSSR count). The van der Waals surface area contributed by atoms with Gasteiger partial charge in [-0.2, -0.15) is 0 Å². The first-order chi connectivity index (χ1) is 7.72. The Morgan fingerprint density at radius 2 is 2.19 bits per heavy atom. The number of nitrogens with one attached hydrogen (secondary N) is 1. The standard InChI is InChI=1S/C12H25NO3/c1-11-3-2-4-12(9-11,10-15)13-5-7-16-8-6-14/h11,13-15H,2-10H2,1H3. The molecule has 0 heterocycles. The van der Waals surface area contributed by atoms with Crippen LogP contribution >= 0.6 is 0 Å². The maximum absolute atomic E-state index is 9.52. The second-order valence-electron chi connectivity index (χ2n) is 4.90. The van der Waals surface area contributed by atoms with Crippen molar-refractivity contribution in [3.63, 3.8) is 0 Å². The molecule has 4 nitrogen and oxygen atoms in total. The van der Waals surface area contributed by atoms with Crippen molar-refractivity contribution < 1.29 is 14.9 Å². The highest BCUT2D eigenvalue weighted by Gasteiger charge is 2.33. The molecule has 16 heavy (non-hydrogen) atoms. The fraction of sp³-hybridized carbons (Fsp3) is 1.00. The Morgan fingerprint density at radius 1 is 1.38 bits per heavy atom. The van der Waals surface area contributed by atoms with Crippen LogP contribution in [-0.2, 0) is 4.74 Å². The van der Waals surface area contributed by atoms with Crippen LogP contribution in [0.15, 0.2) is 0 Å². The minimum Gasteiger partial charge on any atom is -0.394 e. The number of hydrogen-bond acceptors (Lipinski definition) is 4. The second kappa shape index (κ2) is 7.22. The maximum atomic E-state index is 9.52. The van der Waals surface area contributed by atoms with Crippen molar-refractivity contribution >= 4 is 0 Å². The first-order valence-electron chi connectivity index (χ1n) is 6.27. The highest BCUT2D eigenvalue weighted by atomic mass is 16.5. The van der Waals surface area contributed by atoms with E-state index in [0.29, 0.717) is 19.1 Å². The lowest BCUT2D eigenvalue weighted by molar-refractivity contribution is 0.0671. The van der Waals surface area contributed by atoms with Gasteiger partial charge in [0.15, 0.2) is 0 Å². The molecule has 3 N–H and O–H groups in total. The molecule has 0 radical (unpaired) electrons. The summed E-state index contributed by atoms with van der Waals surface area (Å²) in [7, 11) is 0. The van der Waals surface area contributed by atoms with E-state index in [9.17, 15) is 5.11 Å². The van der Waals surface area contributed by atoms with Gasteiger partial charge in [-0.15, -0.1) is 0 Å². The molecule has 96 valence electrons. The van der Waals surface area contributed by atoms with Gasteiger partial charge in [0.25, 0.3) is 0 Å². The van der Waals surface area contributed by atoms with Crippen LogP contribution in [0, 0.1) is 5.92 Å². The van der Waals surface area contributed by atoms with Gasteiger partial charge in [-0.25, -0.2) is 0 Å². The Bertz CT molecular complexity index is 189. The van der Waals surface area contributed by atoms with E-state index in [4.69, 9.17) is 9.84 Å². The molecular weight excluding hydrogens is 206 g/mol. The van der Waals surface area contributed by atoms with Crippen molar-refractivity contribution in [2.24, 2.45) is 5.92 Å². The van der Waals surface area contributed by atoms with E-state index >= 15 is 0 Å². The highest BCUT2D eigenvalue weighted by molar-refractivity contribution is 4.92. The van der Waals surface area contributed by atoms with E-state index < -0.39 is 0 Å². The highest BCUT2D eigenvalue weighted by Crippen LogP contribution is 2.31. The first-order valence-corrected chi connectivity index (χ1v) is 6.27. The molecule has 0 aromatic carbocycles. The Morgan fingerprint density at radius 3 is 2.81 bits per heavy atom. The molecule has 1 aliphatic carbocycles. The molecule has 2 unspecified atom stereocenters. The molecule has 0 aromatic rings. The van der Waals surface area contributed by atoms with E-state index in [1.165, 1.54) is 12.8 Å². The quantitative estimate of drug-likeness (QED) is 0.559. The predicted octanol–water partition coefficient (Wildman–Crippen LogP) is 0.526. The molecule has 0 aliphatic heterocycles. The number of aliphatic hydroxyl groups excluding tert-OH is 2. The molecule has 0 spiro atoms. The lowest BCUT2D eigenvalue weighted by atomic mass is 9.77. The van der Waals surface area contributed by atoms with Crippen LogP contribution in [0.2, 0.25) is 0 Å². The summed E-state index contributed by atoms with van der Waals surface area (Å²) in [6, 6.07) is 0. The molecular formula is C12H25NO3. The normalized spacial score (nSPS) is 30.6. The maximum Gasteiger partial charge on any atom is 0.0698 e. The SMILES string of the molecule is CC1CCCC(CO)(NCCOCCO)C1. The number of hydrogen-bond donors (Lipinski definition) is 3. The van der Waals surface area contributed by atoms with Crippen LogP contribution in [0.1, 0.15) is 32.6 Å². The zero-order valence-corrected chi connectivity index (χ0v) is 10.2. The summed E-state index contributed by atoms with van der Waals surface area (Å²) < 4.78 is 5.20. The van der Waals surface area contributed by atoms with Gasteiger partial charge in [-0.05, 0) is 18.8 Å². The van der Waals surface area contributed by atoms with Gasteiger partial charge in [0, 0.05) is 12.1 Å². The van der Waals surface area contributed by atoms with Crippen molar-refractivity contribution in [1.29, 1.82) is 0 Å². The average molecular weight is 231 g/mol. The van der Waals surface area contributed by atoms with Gasteiger partial charge in [-0.1, -0.05) is 19.8 Å². The summed E-state index contributed by atoms with van der Waals surface area (Å²) in [6.45, 7) is 4.25. The minimum atomic E-state index is -0.0970. The molecule has 0 aromatic heterocycles. The van der Waals surface area contributed by atoms with Crippen molar-refractivity contribution in [1.82, 2.24) is 5.32 Å². The van der Waals surface area contributed by atoms with Crippen LogP contribution in [0.5, 0.6) is 0 Å². The van der Waals surface area contributed by atoms with Crippen molar-refractivity contribution in [3.05, 3.63) is 0 Å². The minimum absolute atomic E-state index is 0.0716. The van der Waals surface area contributed by atoms with E-state index in [0.717, 1.165) is 19.4 Å². The fourth-order valence-corrected chi connectivity index (χ4v) is 2.58. The number of ether oxygens (including phenoxy) is 1. The van der Waals surface area contributed by atoms with Crippen molar-refractivity contribution in [3.8, 4) is 0 Å². The van der Waals surface area contributed by atoms with Crippen molar-refractivity contribution in [2.45, 2.75) is 38.1 Å². The van der Waals surface area contributed by atoms with E-state index in [2.05, 4.69) is 12.2 Å². The van der Waals surface area contributed by atoms with Crippen LogP contribution in [0.4, 0.5) is 0 Å². The predicted molar refractivity (Wildman–Crippen MR) is 63.4 cm³/mol. The second-order valence-corrected chi connectivity index (χ2v) is 4.90. The lowest BCUT2D eigenvalue weighted by Crippen LogP contribution is -2.52. The van der Waals surface area contributed by atoms with Gasteiger partial charge in [0.1, 0.15) is 0 Å². The van der Waals surface area contributed by atoms with Crippen LogP contribution in [0.25, 0.3) is 0 Å². The Balaban J connectivity index is 2.24. The number of aliphatic hydroxyl groups is 2. The molecule has 4 heteroatoms. The average Bonchev–Trinajstić information content (AvgIpc) is 2.29. The smallest absolute Gasteiger partial charge is 0.0698 e. The van der Waals surface area contributed by atoms with Gasteiger partial charge in [-0.3, -0.25) is 0 Å². The Hall–Kier alpha value is -0.160. The van der Waals surface area contributed by atoms with Crippen LogP contribution in [-0.4, -0.2) is 48.7 Å². The summed E-state index contributed by atoms with van der Waals surface area (Å²) in [5.41, 5.74) is -0.0970. The van der Waals surface area contributed by atoms with Gasteiger partial charge in [0.2, 0.25) is 0 Å². The molecule has 1 fully saturated rings. The largest absolute Gasteiger partial charge is 0.394 e. The third-order valence-electron chi connectivity index (χ3n) is 3.38. The number of rotatable bonds is 7. The zero-order chi connectivity index (χ0) is 11.9. The topological polar surface area (TPSA) is 61.7 Å². The van der Waals surface area contributed by atoms with E-state index in [1.54, 1.807) is 0 Å². The summed E-state index contributed by atoms with van der Waals surface area (Å²) in [6.07, 6.45) is 4.55. The summed E-state index contributed by atoms with van der Waals surface area (Å²) >= 11 is 0. The Labute approximate surface area is 98.0 Å². The van der Waals surface area contributed by atoms with Crippen LogP contribution < -0.4 is 5.32 Å². The van der Waals surface area contributed by atoms with Crippen LogP contribution in [0.3, 0.4) is 0 Å². The molecule has 0 bridgehead atoms. The summed E-state index contributed by atoms with van der Waals surface area (Å²) in [4.78, 5) is 0. The molecule has 2 atom stereocenters. The summed E-state index contributed by atoms with van der Waals surface area (Å²) in [5.74, 6) is 0.687. The van der Waals surface area contributed by atoms with Crippen molar-refractivity contribution in [2.75, 3.05) is 33.0 Å². The third kappa shape index (κ3) is 4.37. The Kier molecular flexibility index (Phi) is 6.28. The van der Waals surface area contributed by atoms with E-state index in [1.807, 2.05) is 0 Å². The van der Waals surface area contributed by atoms with Gasteiger partial charge < -0.3 is 20.3 Å². The molecule has 0 amide bonds. The fourth-order valence-electron chi connectivity index (χ4n) is 2.58. The molecule has 0 saturated heterocycles. The zero-order valence-electron chi connectivity index (χ0n) is 10.2. The van der Waals surface area contributed by atoms with E-state index in [-0.39, 0.29) is 18.8 Å². The first kappa shape index (κ1) is 13.9. The molecule has 1 aliphatic rings. The third-order valence-corrected chi connectivity index (χ3v) is 3.38. The summed E-state index contributed by atoms with van der Waals surface area (Å²) in [5, 5.41) is 21.5.